The van der Waals surface area contributed by atoms with Crippen LogP contribution in [0.4, 0.5) is 10.1 Å². The molecule has 4 nitrogen and oxygen atoms in total. The van der Waals surface area contributed by atoms with Gasteiger partial charge in [-0.3, -0.25) is 4.98 Å². The van der Waals surface area contributed by atoms with Gasteiger partial charge < -0.3 is 14.6 Å². The van der Waals surface area contributed by atoms with E-state index in [-0.39, 0.29) is 17.9 Å². The van der Waals surface area contributed by atoms with Gasteiger partial charge in [0.1, 0.15) is 23.4 Å². The van der Waals surface area contributed by atoms with Crippen molar-refractivity contribution in [1.29, 1.82) is 0 Å². The van der Waals surface area contributed by atoms with Crippen molar-refractivity contribution in [2.75, 3.05) is 4.90 Å². The van der Waals surface area contributed by atoms with E-state index in [1.807, 2.05) is 59.5 Å². The molecule has 7 heteroatoms. The zero-order chi connectivity index (χ0) is 22.2. The Kier molecular flexibility index (Phi) is 5.53. The number of rotatable bonds is 4. The van der Waals surface area contributed by atoms with Crippen LogP contribution in [0.3, 0.4) is 0 Å². The number of hydrogen-bond donors (Lipinski definition) is 1. The number of hydrogen-bond acceptors (Lipinski definition) is 3. The molecule has 1 saturated heterocycles. The van der Waals surface area contributed by atoms with Crippen LogP contribution < -0.4 is 10.2 Å². The third-order valence-electron chi connectivity index (χ3n) is 5.56. The molecule has 0 radical (unpaired) electrons. The average Bonchev–Trinajstić information content (AvgIpc) is 3.41. The first kappa shape index (κ1) is 20.8. The molecule has 1 fully saturated rings. The van der Waals surface area contributed by atoms with Gasteiger partial charge in [0.05, 0.1) is 11.7 Å². The van der Waals surface area contributed by atoms with Crippen LogP contribution in [0.5, 0.6) is 0 Å². The average molecular weight is 508 g/mol. The van der Waals surface area contributed by atoms with E-state index in [0.29, 0.717) is 10.7 Å². The normalized spacial score (nSPS) is 18.1. The molecule has 2 aromatic heterocycles. The van der Waals surface area contributed by atoms with Crippen molar-refractivity contribution >= 4 is 38.9 Å². The number of pyridine rings is 1. The molecule has 3 heterocycles. The maximum absolute atomic E-state index is 14.0. The smallest absolute Gasteiger partial charge is 0.174 e. The van der Waals surface area contributed by atoms with Crippen molar-refractivity contribution in [3.8, 4) is 11.3 Å². The summed E-state index contributed by atoms with van der Waals surface area (Å²) in [6, 6.07) is 22.2. The van der Waals surface area contributed by atoms with Crippen LogP contribution in [-0.4, -0.2) is 10.1 Å². The van der Waals surface area contributed by atoms with Crippen LogP contribution >= 0.6 is 28.1 Å². The first-order valence-corrected chi connectivity index (χ1v) is 11.3. The number of thiocarbonyl (C=S) groups is 1. The monoisotopic (exact) mass is 507 g/mol. The van der Waals surface area contributed by atoms with E-state index < -0.39 is 0 Å². The fourth-order valence-electron chi connectivity index (χ4n) is 3.98. The summed E-state index contributed by atoms with van der Waals surface area (Å²) < 4.78 is 21.3. The third-order valence-corrected chi connectivity index (χ3v) is 6.41. The number of nitrogens with one attached hydrogen (secondary N) is 1. The second kappa shape index (κ2) is 8.48. The predicted octanol–water partition coefficient (Wildman–Crippen LogP) is 6.73. The van der Waals surface area contributed by atoms with E-state index in [1.54, 1.807) is 25.3 Å². The molecule has 0 aliphatic carbocycles. The minimum atomic E-state index is -0.286. The highest BCUT2D eigenvalue weighted by atomic mass is 79.9. The number of halogens is 2. The molecule has 0 bridgehead atoms. The second-order valence-electron chi connectivity index (χ2n) is 7.64. The summed E-state index contributed by atoms with van der Waals surface area (Å²) >= 11 is 9.18. The van der Waals surface area contributed by atoms with E-state index in [9.17, 15) is 4.39 Å². The molecule has 0 saturated carbocycles. The van der Waals surface area contributed by atoms with Crippen LogP contribution in [0.15, 0.2) is 87.9 Å². The highest BCUT2D eigenvalue weighted by Crippen LogP contribution is 2.43. The van der Waals surface area contributed by atoms with Crippen LogP contribution in [-0.2, 0) is 0 Å². The Hall–Kier alpha value is -3.03. The van der Waals surface area contributed by atoms with Crippen molar-refractivity contribution in [3.05, 3.63) is 106 Å². The van der Waals surface area contributed by atoms with E-state index in [4.69, 9.17) is 16.6 Å². The van der Waals surface area contributed by atoms with Gasteiger partial charge in [-0.1, -0.05) is 34.1 Å². The van der Waals surface area contributed by atoms with Crippen LogP contribution in [0.25, 0.3) is 11.3 Å². The van der Waals surface area contributed by atoms with E-state index in [1.165, 1.54) is 6.07 Å². The largest absolute Gasteiger partial charge is 0.459 e. The Morgan fingerprint density at radius 1 is 1.06 bits per heavy atom. The number of benzene rings is 2. The van der Waals surface area contributed by atoms with Gasteiger partial charge in [0.15, 0.2) is 5.11 Å². The zero-order valence-electron chi connectivity index (χ0n) is 17.1. The van der Waals surface area contributed by atoms with Gasteiger partial charge in [0.2, 0.25) is 0 Å². The molecule has 0 amide bonds. The topological polar surface area (TPSA) is 41.3 Å². The molecule has 1 aliphatic heterocycles. The molecule has 4 aromatic rings. The zero-order valence-corrected chi connectivity index (χ0v) is 19.5. The van der Waals surface area contributed by atoms with Gasteiger partial charge in [-0.05, 0) is 79.3 Å². The molecule has 160 valence electrons. The fraction of sp³-hybridized carbons (Fsp3) is 0.120. The minimum absolute atomic E-state index is 0.224. The number of furan rings is 1. The summed E-state index contributed by atoms with van der Waals surface area (Å²) in [6.07, 6.45) is 1.76. The second-order valence-corrected chi connectivity index (χ2v) is 8.94. The summed E-state index contributed by atoms with van der Waals surface area (Å²) in [5, 5.41) is 3.93. The van der Waals surface area contributed by atoms with Gasteiger partial charge in [0.25, 0.3) is 0 Å². The lowest BCUT2D eigenvalue weighted by atomic mass is 10.0. The highest BCUT2D eigenvalue weighted by molar-refractivity contribution is 9.10. The molecule has 1 aliphatic rings. The number of anilines is 1. The Labute approximate surface area is 199 Å². The third kappa shape index (κ3) is 3.82. The maximum Gasteiger partial charge on any atom is 0.174 e. The quantitative estimate of drug-likeness (QED) is 0.310. The number of nitrogens with zero attached hydrogens (tertiary/aromatic N) is 2. The summed E-state index contributed by atoms with van der Waals surface area (Å²) in [5.41, 5.74) is 3.18. The molecule has 32 heavy (non-hydrogen) atoms. The summed E-state index contributed by atoms with van der Waals surface area (Å²) in [5.74, 6) is 1.26. The van der Waals surface area contributed by atoms with Gasteiger partial charge in [0, 0.05) is 21.9 Å². The molecule has 5 rings (SSSR count). The highest BCUT2D eigenvalue weighted by Gasteiger charge is 2.42. The number of aryl methyl sites for hydroxylation is 1. The van der Waals surface area contributed by atoms with Gasteiger partial charge in [-0.2, -0.15) is 0 Å². The Morgan fingerprint density at radius 3 is 2.59 bits per heavy atom. The van der Waals surface area contributed by atoms with Crippen molar-refractivity contribution < 1.29 is 8.81 Å². The lowest BCUT2D eigenvalue weighted by Crippen LogP contribution is -2.29. The predicted molar refractivity (Wildman–Crippen MR) is 131 cm³/mol. The molecule has 2 atom stereocenters. The molecular formula is C25H19BrFN3OS. The first-order chi connectivity index (χ1) is 15.5. The van der Waals surface area contributed by atoms with Crippen LogP contribution in [0.1, 0.15) is 29.1 Å². The maximum atomic E-state index is 14.0. The molecule has 0 unspecified atom stereocenters. The summed E-state index contributed by atoms with van der Waals surface area (Å²) in [4.78, 5) is 6.53. The minimum Gasteiger partial charge on any atom is -0.459 e. The van der Waals surface area contributed by atoms with Crippen LogP contribution in [0.2, 0.25) is 0 Å². The van der Waals surface area contributed by atoms with Crippen molar-refractivity contribution in [1.82, 2.24) is 10.3 Å². The molecule has 2 aromatic carbocycles. The summed E-state index contributed by atoms with van der Waals surface area (Å²) in [6.45, 7) is 1.75. The van der Waals surface area contributed by atoms with Gasteiger partial charge in [-0.15, -0.1) is 0 Å². The Balaban J connectivity index is 1.60. The standard InChI is InChI=1S/C25H19BrFN3OS/c1-15-14-18(9-10-19(15)27)30-24(23(29-25(30)32)20-4-2-3-13-28-20)22-12-11-21(31-22)16-5-7-17(26)8-6-16/h2-14,23-24H,1H3,(H,29,32)/t23-,24-/m0/s1. The van der Waals surface area contributed by atoms with E-state index in [2.05, 4.69) is 26.2 Å². The lowest BCUT2D eigenvalue weighted by molar-refractivity contribution is 0.439. The van der Waals surface area contributed by atoms with Gasteiger partial charge >= 0.3 is 0 Å². The van der Waals surface area contributed by atoms with Crippen LogP contribution in [0, 0.1) is 12.7 Å². The van der Waals surface area contributed by atoms with Crippen molar-refractivity contribution in [2.24, 2.45) is 0 Å². The molecular weight excluding hydrogens is 489 g/mol. The van der Waals surface area contributed by atoms with E-state index in [0.717, 1.165) is 32.9 Å². The van der Waals surface area contributed by atoms with E-state index >= 15 is 0 Å². The van der Waals surface area contributed by atoms with Crippen molar-refractivity contribution in [3.63, 3.8) is 0 Å². The Bertz CT molecular complexity index is 1280. The van der Waals surface area contributed by atoms with Gasteiger partial charge in [-0.25, -0.2) is 4.39 Å². The number of aromatic nitrogens is 1. The fourth-order valence-corrected chi connectivity index (χ4v) is 4.59. The molecule has 0 spiro atoms. The molecule has 1 N–H and O–H groups in total. The van der Waals surface area contributed by atoms with Crippen molar-refractivity contribution in [2.45, 2.75) is 19.0 Å². The lowest BCUT2D eigenvalue weighted by Gasteiger charge is -2.26. The summed E-state index contributed by atoms with van der Waals surface area (Å²) in [7, 11) is 0. The first-order valence-electron chi connectivity index (χ1n) is 10.1. The SMILES string of the molecule is Cc1cc(N2C(=S)N[C@@H](c3ccccn3)[C@@H]2c2ccc(-c3ccc(Br)cc3)o2)ccc1F. The Morgan fingerprint density at radius 2 is 1.88 bits per heavy atom.